The molecule has 5 rings (SSSR count). The number of hydrogen-bond donors (Lipinski definition) is 0. The maximum Gasteiger partial charge on any atom is 0.338 e. The van der Waals surface area contributed by atoms with Crippen molar-refractivity contribution in [3.8, 4) is 0 Å². The number of nitrogens with zero attached hydrogens (tertiary/aromatic N) is 4. The Morgan fingerprint density at radius 2 is 1.76 bits per heavy atom. The van der Waals surface area contributed by atoms with Crippen LogP contribution in [-0.2, 0) is 38.8 Å². The second-order valence-electron chi connectivity index (χ2n) is 10.6. The van der Waals surface area contributed by atoms with Gasteiger partial charge in [-0.25, -0.2) is 9.18 Å². The first kappa shape index (κ1) is 31.7. The second kappa shape index (κ2) is 13.5. The van der Waals surface area contributed by atoms with Gasteiger partial charge in [0.1, 0.15) is 37.2 Å². The van der Waals surface area contributed by atoms with Crippen molar-refractivity contribution in [3.05, 3.63) is 100 Å². The number of rotatable bonds is 10. The number of aromatic nitrogens is 2. The normalized spacial score (nSPS) is 17.8. The molecule has 0 N–H and O–H groups in total. The maximum absolute atomic E-state index is 15.2. The first-order valence-electron chi connectivity index (χ1n) is 14.0. The van der Waals surface area contributed by atoms with Crippen LogP contribution in [-0.4, -0.2) is 75.3 Å². The van der Waals surface area contributed by atoms with Gasteiger partial charge in [0.25, 0.3) is 5.91 Å². The van der Waals surface area contributed by atoms with E-state index in [4.69, 9.17) is 21.1 Å². The number of amides is 2. The van der Waals surface area contributed by atoms with Gasteiger partial charge in [-0.15, -0.1) is 0 Å². The van der Waals surface area contributed by atoms with E-state index in [0.29, 0.717) is 16.0 Å². The monoisotopic (exact) mass is 638 g/mol. The topological polar surface area (TPSA) is 111 Å². The summed E-state index contributed by atoms with van der Waals surface area (Å²) in [6.07, 6.45) is -3.20. The van der Waals surface area contributed by atoms with Gasteiger partial charge in [-0.05, 0) is 41.5 Å². The summed E-state index contributed by atoms with van der Waals surface area (Å²) in [5.41, 5.74) is 1.63. The molecular formula is C32H29ClF2N4O6. The molecular weight excluding hydrogens is 610 g/mol. The van der Waals surface area contributed by atoms with E-state index in [1.54, 1.807) is 18.2 Å². The zero-order chi connectivity index (χ0) is 32.2. The van der Waals surface area contributed by atoms with Crippen molar-refractivity contribution in [2.75, 3.05) is 13.7 Å². The molecule has 0 spiro atoms. The highest BCUT2D eigenvalue weighted by Gasteiger charge is 2.50. The van der Waals surface area contributed by atoms with Crippen LogP contribution in [0.5, 0.6) is 0 Å². The van der Waals surface area contributed by atoms with Gasteiger partial charge in [0, 0.05) is 24.4 Å². The Morgan fingerprint density at radius 1 is 1.02 bits per heavy atom. The van der Waals surface area contributed by atoms with Crippen LogP contribution in [0.3, 0.4) is 0 Å². The molecule has 4 aromatic rings. The Balaban J connectivity index is 1.39. The number of ether oxygens (including phenoxy) is 2. The first-order valence-corrected chi connectivity index (χ1v) is 14.4. The number of methoxy groups -OCH3 is 1. The third-order valence-corrected chi connectivity index (χ3v) is 7.72. The lowest BCUT2D eigenvalue weighted by atomic mass is 10.1. The Hall–Kier alpha value is -4.68. The number of carbonyl (C=O) groups excluding carboxylic acids is 4. The number of Topliss-reactive ketones (excluding diaryl/α,β-unsaturated/α-hetero) is 1. The average molecular weight is 639 g/mol. The minimum Gasteiger partial charge on any atom is -0.457 e. The highest BCUT2D eigenvalue weighted by Crippen LogP contribution is 2.28. The highest BCUT2D eigenvalue weighted by atomic mass is 35.5. The van der Waals surface area contributed by atoms with E-state index in [0.717, 1.165) is 10.5 Å². The maximum atomic E-state index is 15.2. The van der Waals surface area contributed by atoms with Crippen molar-refractivity contribution in [2.24, 2.45) is 0 Å². The van der Waals surface area contributed by atoms with E-state index in [9.17, 15) is 19.2 Å². The summed E-state index contributed by atoms with van der Waals surface area (Å²) in [4.78, 5) is 53.0. The summed E-state index contributed by atoms with van der Waals surface area (Å²) in [6.45, 7) is -0.223. The molecule has 1 aromatic heterocycles. The average Bonchev–Trinajstić information content (AvgIpc) is 3.56. The van der Waals surface area contributed by atoms with E-state index in [1.165, 1.54) is 43.0 Å². The number of carbonyl (C=O) groups is 4. The molecule has 2 amide bonds. The van der Waals surface area contributed by atoms with Crippen molar-refractivity contribution in [3.63, 3.8) is 0 Å². The summed E-state index contributed by atoms with van der Waals surface area (Å²) < 4.78 is 42.0. The molecule has 2 heterocycles. The quantitative estimate of drug-likeness (QED) is 0.140. The van der Waals surface area contributed by atoms with Crippen molar-refractivity contribution in [1.29, 1.82) is 0 Å². The summed E-state index contributed by atoms with van der Waals surface area (Å²) in [5.74, 6) is -2.98. The van der Waals surface area contributed by atoms with Crippen molar-refractivity contribution >= 4 is 46.1 Å². The first-order chi connectivity index (χ1) is 21.6. The molecule has 234 valence electrons. The number of ketones is 1. The summed E-state index contributed by atoms with van der Waals surface area (Å²) in [7, 11) is 1.17. The van der Waals surface area contributed by atoms with Gasteiger partial charge in [-0.1, -0.05) is 58.5 Å². The van der Waals surface area contributed by atoms with Crippen LogP contribution >= 0.6 is 11.6 Å². The van der Waals surface area contributed by atoms with E-state index >= 15 is 8.87 Å². The van der Waals surface area contributed by atoms with Crippen LogP contribution in [0.1, 0.15) is 38.9 Å². The Kier molecular flexibility index (Phi) is 9.54. The van der Waals surface area contributed by atoms with Crippen LogP contribution in [0.2, 0.25) is 5.02 Å². The van der Waals surface area contributed by atoms with E-state index in [-0.39, 0.29) is 28.5 Å². The highest BCUT2D eigenvalue weighted by molar-refractivity contribution is 6.30. The molecule has 0 saturated carbocycles. The fourth-order valence-electron chi connectivity index (χ4n) is 5.31. The molecule has 1 aliphatic rings. The SMILES string of the molecule is CO[C@H]1[C@@H](C(=O)N(F)Cc2cccc(Cl)c2)N(C(=O)Cn2nc(C(C)=O)c3ccc(C(=O)OCc4ccccc4)cc32)C[C@@H]1F. The minimum atomic E-state index is -1.78. The molecule has 0 aliphatic carbocycles. The number of esters is 1. The lowest BCUT2D eigenvalue weighted by Crippen LogP contribution is -2.51. The molecule has 3 aromatic carbocycles. The predicted octanol–water partition coefficient (Wildman–Crippen LogP) is 4.73. The standard InChI is InChI=1S/C32H29ClF2N4O6/c1-19(40)28-24-12-11-22(32(43)45-18-20-7-4-3-5-8-20)14-26(24)39(36-28)17-27(41)37-16-25(34)30(44-2)29(37)31(42)38(35)15-21-9-6-10-23(33)13-21/h3-14,25,29-30H,15-18H2,1-2H3/t25-,29-,30+/m0/s1. The van der Waals surface area contributed by atoms with Crippen molar-refractivity contribution < 1.29 is 37.5 Å². The number of likely N-dealkylation sites (tertiary alicyclic amines) is 1. The van der Waals surface area contributed by atoms with Gasteiger partial charge in [0.15, 0.2) is 5.78 Å². The van der Waals surface area contributed by atoms with Gasteiger partial charge < -0.3 is 14.4 Å². The summed E-state index contributed by atoms with van der Waals surface area (Å²) >= 11 is 5.97. The third-order valence-electron chi connectivity index (χ3n) is 7.49. The Bertz CT molecular complexity index is 1750. The van der Waals surface area contributed by atoms with Crippen LogP contribution in [0.4, 0.5) is 8.87 Å². The number of fused-ring (bicyclic) bond motifs is 1. The second-order valence-corrected chi connectivity index (χ2v) is 11.0. The predicted molar refractivity (Wildman–Crippen MR) is 160 cm³/mol. The van der Waals surface area contributed by atoms with Gasteiger partial charge in [-0.2, -0.15) is 10.2 Å². The molecule has 3 atom stereocenters. The van der Waals surface area contributed by atoms with Crippen LogP contribution < -0.4 is 0 Å². The molecule has 45 heavy (non-hydrogen) atoms. The molecule has 10 nitrogen and oxygen atoms in total. The molecule has 0 unspecified atom stereocenters. The largest absolute Gasteiger partial charge is 0.457 e. The third kappa shape index (κ3) is 6.86. The van der Waals surface area contributed by atoms with E-state index in [1.807, 2.05) is 30.3 Å². The Morgan fingerprint density at radius 3 is 2.44 bits per heavy atom. The minimum absolute atomic E-state index is 0.0342. The van der Waals surface area contributed by atoms with Gasteiger partial charge in [0.2, 0.25) is 5.91 Å². The van der Waals surface area contributed by atoms with Crippen molar-refractivity contribution in [2.45, 2.75) is 44.9 Å². The smallest absolute Gasteiger partial charge is 0.338 e. The fraction of sp³-hybridized carbons (Fsp3) is 0.281. The number of hydrogen-bond acceptors (Lipinski definition) is 7. The van der Waals surface area contributed by atoms with Crippen LogP contribution in [0, 0.1) is 0 Å². The summed E-state index contributed by atoms with van der Waals surface area (Å²) in [6, 6.07) is 18.1. The fourth-order valence-corrected chi connectivity index (χ4v) is 5.52. The van der Waals surface area contributed by atoms with Crippen molar-refractivity contribution in [1.82, 2.24) is 19.8 Å². The molecule has 0 bridgehead atoms. The lowest BCUT2D eigenvalue weighted by molar-refractivity contribution is -0.160. The molecule has 1 fully saturated rings. The van der Waals surface area contributed by atoms with Gasteiger partial charge in [-0.3, -0.25) is 19.1 Å². The van der Waals surface area contributed by atoms with Crippen LogP contribution in [0.25, 0.3) is 10.9 Å². The zero-order valence-electron chi connectivity index (χ0n) is 24.4. The van der Waals surface area contributed by atoms with Gasteiger partial charge in [0.05, 0.1) is 24.2 Å². The molecule has 13 heteroatoms. The van der Waals surface area contributed by atoms with Crippen LogP contribution in [0.15, 0.2) is 72.8 Å². The molecule has 0 radical (unpaired) electrons. The summed E-state index contributed by atoms with van der Waals surface area (Å²) in [5, 5.41) is 4.89. The number of benzene rings is 3. The van der Waals surface area contributed by atoms with E-state index < -0.39 is 61.5 Å². The van der Waals surface area contributed by atoms with Gasteiger partial charge >= 0.3 is 5.97 Å². The lowest BCUT2D eigenvalue weighted by Gasteiger charge is -2.28. The molecule has 1 saturated heterocycles. The zero-order valence-corrected chi connectivity index (χ0v) is 25.1. The number of alkyl halides is 1. The van der Waals surface area contributed by atoms with E-state index in [2.05, 4.69) is 5.10 Å². The Labute approximate surface area is 262 Å². The number of halogens is 3. The molecule has 1 aliphatic heterocycles.